The number of nitrogens with one attached hydrogen (secondary N) is 1. The van der Waals surface area contributed by atoms with Gasteiger partial charge in [-0.3, -0.25) is 9.59 Å². The Bertz CT molecular complexity index is 1530. The van der Waals surface area contributed by atoms with Crippen LogP contribution in [0.15, 0.2) is 76.4 Å². The fourth-order valence-electron chi connectivity index (χ4n) is 4.44. The first kappa shape index (κ1) is 22.6. The van der Waals surface area contributed by atoms with Gasteiger partial charge in [0.25, 0.3) is 0 Å². The van der Waals surface area contributed by atoms with E-state index in [-0.39, 0.29) is 27.8 Å². The molecule has 1 amide bonds. The van der Waals surface area contributed by atoms with Gasteiger partial charge in [-0.1, -0.05) is 35.9 Å². The molecule has 1 aliphatic rings. The predicted molar refractivity (Wildman–Crippen MR) is 134 cm³/mol. The third kappa shape index (κ3) is 3.98. The second kappa shape index (κ2) is 8.87. The van der Waals surface area contributed by atoms with Crippen LogP contribution >= 0.6 is 11.6 Å². The van der Waals surface area contributed by atoms with Crippen LogP contribution in [0.25, 0.3) is 21.8 Å². The molecular weight excluding hydrogens is 474 g/mol. The number of nitrogens with zero attached hydrogens (tertiary/aromatic N) is 2. The van der Waals surface area contributed by atoms with Crippen molar-refractivity contribution in [2.75, 3.05) is 18.4 Å². The number of benzene rings is 3. The highest BCUT2D eigenvalue weighted by molar-refractivity contribution is 7.89. The van der Waals surface area contributed by atoms with Crippen molar-refractivity contribution in [1.29, 1.82) is 0 Å². The summed E-state index contributed by atoms with van der Waals surface area (Å²) in [5.74, 6) is -0.356. The van der Waals surface area contributed by atoms with Crippen LogP contribution in [-0.4, -0.2) is 36.3 Å². The van der Waals surface area contributed by atoms with Crippen LogP contribution in [0.4, 0.5) is 5.69 Å². The zero-order valence-electron chi connectivity index (χ0n) is 18.2. The maximum atomic E-state index is 13.1. The third-order valence-corrected chi connectivity index (χ3v) is 8.46. The number of hydrogen-bond acceptors (Lipinski definition) is 4. The average molecular weight is 496 g/mol. The molecule has 0 saturated carbocycles. The van der Waals surface area contributed by atoms with Crippen molar-refractivity contribution in [3.63, 3.8) is 0 Å². The molecule has 0 aliphatic carbocycles. The number of aromatic nitrogens is 1. The molecular formula is C25H22ClN3O4S. The standard InChI is InChI=1S/C25H22ClN3O4S/c26-20-12-11-17(15-23(20)34(32,33)28-13-5-6-14-28)27-24(30)16-29-21-9-3-1-7-18(21)25(31)19-8-2-4-10-22(19)29/h1-4,7-12,15H,5-6,13-14,16H2,(H,27,30). The zero-order chi connectivity index (χ0) is 23.9. The Kier molecular flexibility index (Phi) is 5.89. The van der Waals surface area contributed by atoms with Crippen LogP contribution in [0.1, 0.15) is 12.8 Å². The van der Waals surface area contributed by atoms with E-state index in [0.29, 0.717) is 40.6 Å². The summed E-state index contributed by atoms with van der Waals surface area (Å²) in [4.78, 5) is 25.9. The van der Waals surface area contributed by atoms with Gasteiger partial charge < -0.3 is 9.88 Å². The van der Waals surface area contributed by atoms with E-state index < -0.39 is 10.0 Å². The molecule has 7 nitrogen and oxygen atoms in total. The predicted octanol–water partition coefficient (Wildman–Crippen LogP) is 4.23. The Labute approximate surface area is 201 Å². The van der Waals surface area contributed by atoms with Crippen molar-refractivity contribution in [3.05, 3.63) is 82.0 Å². The summed E-state index contributed by atoms with van der Waals surface area (Å²) < 4.78 is 29.2. The number of hydrogen-bond donors (Lipinski definition) is 1. The Morgan fingerprint density at radius 1 is 0.912 bits per heavy atom. The van der Waals surface area contributed by atoms with Crippen LogP contribution in [0.5, 0.6) is 0 Å². The molecule has 4 aromatic rings. The molecule has 0 atom stereocenters. The first-order valence-electron chi connectivity index (χ1n) is 11.0. The smallest absolute Gasteiger partial charge is 0.244 e. The Balaban J connectivity index is 1.49. The zero-order valence-corrected chi connectivity index (χ0v) is 19.8. The number of para-hydroxylation sites is 2. The summed E-state index contributed by atoms with van der Waals surface area (Å²) in [5.41, 5.74) is 1.55. The highest BCUT2D eigenvalue weighted by atomic mass is 35.5. The molecule has 3 aromatic carbocycles. The number of amides is 1. The largest absolute Gasteiger partial charge is 0.331 e. The number of carbonyl (C=O) groups excluding carboxylic acids is 1. The van der Waals surface area contributed by atoms with Gasteiger partial charge >= 0.3 is 0 Å². The number of carbonyl (C=O) groups is 1. The molecule has 34 heavy (non-hydrogen) atoms. The van der Waals surface area contributed by atoms with Gasteiger partial charge in [-0.2, -0.15) is 4.31 Å². The molecule has 0 spiro atoms. The lowest BCUT2D eigenvalue weighted by atomic mass is 10.1. The Morgan fingerprint density at radius 2 is 1.50 bits per heavy atom. The van der Waals surface area contributed by atoms with Crippen molar-refractivity contribution in [1.82, 2.24) is 8.87 Å². The van der Waals surface area contributed by atoms with Gasteiger partial charge in [0.1, 0.15) is 11.4 Å². The average Bonchev–Trinajstić information content (AvgIpc) is 3.39. The molecule has 1 fully saturated rings. The molecule has 0 unspecified atom stereocenters. The normalized spacial score (nSPS) is 14.6. The molecule has 1 aromatic heterocycles. The number of anilines is 1. The molecule has 0 radical (unpaired) electrons. The topological polar surface area (TPSA) is 88.5 Å². The molecule has 1 aliphatic heterocycles. The summed E-state index contributed by atoms with van der Waals surface area (Å²) in [6.07, 6.45) is 1.63. The maximum absolute atomic E-state index is 13.1. The summed E-state index contributed by atoms with van der Waals surface area (Å²) in [5, 5.41) is 3.95. The minimum Gasteiger partial charge on any atom is -0.331 e. The van der Waals surface area contributed by atoms with Crippen LogP contribution in [0, 0.1) is 0 Å². The molecule has 0 bridgehead atoms. The second-order valence-corrected chi connectivity index (χ2v) is 10.6. The summed E-state index contributed by atoms with van der Waals surface area (Å²) in [6, 6.07) is 18.8. The van der Waals surface area contributed by atoms with Crippen LogP contribution in [-0.2, 0) is 21.4 Å². The van der Waals surface area contributed by atoms with Gasteiger partial charge in [-0.05, 0) is 55.3 Å². The Morgan fingerprint density at radius 3 is 2.12 bits per heavy atom. The van der Waals surface area contributed by atoms with Crippen LogP contribution in [0.2, 0.25) is 5.02 Å². The lowest BCUT2D eigenvalue weighted by molar-refractivity contribution is -0.116. The van der Waals surface area contributed by atoms with Crippen LogP contribution < -0.4 is 10.7 Å². The minimum atomic E-state index is -3.74. The number of rotatable bonds is 5. The van der Waals surface area contributed by atoms with E-state index in [0.717, 1.165) is 12.8 Å². The fraction of sp³-hybridized carbons (Fsp3) is 0.200. The molecule has 1 saturated heterocycles. The number of pyridine rings is 1. The quantitative estimate of drug-likeness (QED) is 0.420. The van der Waals surface area contributed by atoms with Crippen molar-refractivity contribution >= 4 is 55.0 Å². The molecule has 2 heterocycles. The monoisotopic (exact) mass is 495 g/mol. The van der Waals surface area contributed by atoms with E-state index in [1.54, 1.807) is 47.0 Å². The summed E-state index contributed by atoms with van der Waals surface area (Å²) in [7, 11) is -3.74. The van der Waals surface area contributed by atoms with Crippen molar-refractivity contribution in [2.45, 2.75) is 24.3 Å². The molecule has 9 heteroatoms. The van der Waals surface area contributed by atoms with Crippen LogP contribution in [0.3, 0.4) is 0 Å². The molecule has 1 N–H and O–H groups in total. The Hall–Kier alpha value is -3.20. The van der Waals surface area contributed by atoms with Crippen molar-refractivity contribution < 1.29 is 13.2 Å². The van der Waals surface area contributed by atoms with Crippen molar-refractivity contribution in [3.8, 4) is 0 Å². The number of halogens is 1. The maximum Gasteiger partial charge on any atom is 0.244 e. The second-order valence-electron chi connectivity index (χ2n) is 8.25. The summed E-state index contributed by atoms with van der Waals surface area (Å²) in [6.45, 7) is 0.863. The van der Waals surface area contributed by atoms with E-state index >= 15 is 0 Å². The van der Waals surface area contributed by atoms with Gasteiger partial charge in [0.15, 0.2) is 5.43 Å². The van der Waals surface area contributed by atoms with Gasteiger partial charge in [-0.25, -0.2) is 8.42 Å². The minimum absolute atomic E-state index is 0.0203. The van der Waals surface area contributed by atoms with Gasteiger partial charge in [-0.15, -0.1) is 0 Å². The number of fused-ring (bicyclic) bond motifs is 2. The first-order chi connectivity index (χ1) is 16.4. The van der Waals surface area contributed by atoms with E-state index in [1.807, 2.05) is 12.1 Å². The first-order valence-corrected chi connectivity index (χ1v) is 12.8. The lowest BCUT2D eigenvalue weighted by Gasteiger charge is -2.18. The summed E-state index contributed by atoms with van der Waals surface area (Å²) >= 11 is 6.22. The van der Waals surface area contributed by atoms with E-state index in [2.05, 4.69) is 5.32 Å². The van der Waals surface area contributed by atoms with Gasteiger partial charge in [0, 0.05) is 29.5 Å². The number of sulfonamides is 1. The fourth-order valence-corrected chi connectivity index (χ4v) is 6.46. The SMILES string of the molecule is O=C(Cn1c2ccccc2c(=O)c2ccccc21)Nc1ccc(Cl)c(S(=O)(=O)N2CCCC2)c1. The molecule has 174 valence electrons. The highest BCUT2D eigenvalue weighted by Crippen LogP contribution is 2.30. The molecule has 5 rings (SSSR count). The van der Waals surface area contributed by atoms with Gasteiger partial charge in [0.2, 0.25) is 15.9 Å². The van der Waals surface area contributed by atoms with Crippen molar-refractivity contribution in [2.24, 2.45) is 0 Å². The van der Waals surface area contributed by atoms with E-state index in [9.17, 15) is 18.0 Å². The lowest BCUT2D eigenvalue weighted by Crippen LogP contribution is -2.28. The highest BCUT2D eigenvalue weighted by Gasteiger charge is 2.29. The van der Waals surface area contributed by atoms with Gasteiger partial charge in [0.05, 0.1) is 16.1 Å². The van der Waals surface area contributed by atoms with E-state index in [1.165, 1.54) is 16.4 Å². The third-order valence-electron chi connectivity index (χ3n) is 6.08. The van der Waals surface area contributed by atoms with E-state index in [4.69, 9.17) is 11.6 Å².